The molecule has 7 heteroatoms. The van der Waals surface area contributed by atoms with Crippen molar-refractivity contribution in [3.8, 4) is 5.69 Å². The molecule has 0 atom stereocenters. The van der Waals surface area contributed by atoms with E-state index in [0.29, 0.717) is 10.7 Å². The number of rotatable bonds is 2. The second-order valence-corrected chi connectivity index (χ2v) is 3.80. The Morgan fingerprint density at radius 3 is 2.88 bits per heavy atom. The number of nitrogens with zero attached hydrogens (tertiary/aromatic N) is 2. The molecule has 0 saturated heterocycles. The van der Waals surface area contributed by atoms with Gasteiger partial charge in [-0.25, -0.2) is 14.5 Å². The van der Waals surface area contributed by atoms with E-state index in [1.807, 2.05) is 0 Å². The summed E-state index contributed by atoms with van der Waals surface area (Å²) in [4.78, 5) is 11.5. The number of hydrogen-bond acceptors (Lipinski definition) is 3. The van der Waals surface area contributed by atoms with Gasteiger partial charge in [0.2, 0.25) is 0 Å². The summed E-state index contributed by atoms with van der Waals surface area (Å²) in [5.41, 5.74) is -0.0924. The van der Waals surface area contributed by atoms with E-state index < -0.39 is 5.69 Å². The lowest BCUT2D eigenvalue weighted by Crippen LogP contribution is -2.17. The zero-order valence-electron chi connectivity index (χ0n) is 7.94. The van der Waals surface area contributed by atoms with Gasteiger partial charge in [0.15, 0.2) is 5.82 Å². The van der Waals surface area contributed by atoms with Crippen LogP contribution in [0.1, 0.15) is 5.82 Å². The Kier molecular flexibility index (Phi) is 3.00. The highest BCUT2D eigenvalue weighted by molar-refractivity contribution is 6.43. The van der Waals surface area contributed by atoms with E-state index in [-0.39, 0.29) is 17.5 Å². The van der Waals surface area contributed by atoms with E-state index in [9.17, 15) is 4.79 Å². The minimum atomic E-state index is -0.479. The Morgan fingerprint density at radius 1 is 1.44 bits per heavy atom. The zero-order chi connectivity index (χ0) is 11.7. The second-order valence-electron chi connectivity index (χ2n) is 3.01. The maximum atomic E-state index is 11.5. The number of benzene rings is 1. The van der Waals surface area contributed by atoms with Crippen LogP contribution in [0.25, 0.3) is 5.69 Å². The van der Waals surface area contributed by atoms with E-state index in [2.05, 4.69) is 10.2 Å². The Labute approximate surface area is 100 Å². The molecule has 0 aliphatic carbocycles. The van der Waals surface area contributed by atoms with E-state index in [1.165, 1.54) is 4.57 Å². The average molecular weight is 260 g/mol. The van der Waals surface area contributed by atoms with E-state index in [4.69, 9.17) is 28.3 Å². The molecule has 0 saturated carbocycles. The van der Waals surface area contributed by atoms with Crippen molar-refractivity contribution < 1.29 is 5.11 Å². The SMILES string of the molecule is O=c1[nH]nc(CO)n1-c1cccc(Cl)c1Cl. The maximum absolute atomic E-state index is 11.5. The summed E-state index contributed by atoms with van der Waals surface area (Å²) >= 11 is 11.8. The number of halogens is 2. The van der Waals surface area contributed by atoms with Gasteiger partial charge in [-0.1, -0.05) is 29.3 Å². The van der Waals surface area contributed by atoms with Crippen LogP contribution in [0, 0.1) is 0 Å². The third-order valence-corrected chi connectivity index (χ3v) is 2.86. The van der Waals surface area contributed by atoms with Gasteiger partial charge in [-0.3, -0.25) is 0 Å². The first-order valence-electron chi connectivity index (χ1n) is 4.36. The van der Waals surface area contributed by atoms with Crippen molar-refractivity contribution in [1.29, 1.82) is 0 Å². The van der Waals surface area contributed by atoms with Gasteiger partial charge in [0.25, 0.3) is 0 Å². The summed E-state index contributed by atoms with van der Waals surface area (Å²) in [6.45, 7) is -0.373. The molecule has 0 amide bonds. The number of nitrogens with one attached hydrogen (secondary N) is 1. The van der Waals surface area contributed by atoms with Crippen LogP contribution < -0.4 is 5.69 Å². The lowest BCUT2D eigenvalue weighted by atomic mass is 10.3. The zero-order valence-corrected chi connectivity index (χ0v) is 9.46. The highest BCUT2D eigenvalue weighted by Crippen LogP contribution is 2.27. The molecule has 16 heavy (non-hydrogen) atoms. The first-order chi connectivity index (χ1) is 7.65. The number of aliphatic hydroxyl groups is 1. The largest absolute Gasteiger partial charge is 0.388 e. The summed E-state index contributed by atoms with van der Waals surface area (Å²) in [6, 6.07) is 4.88. The maximum Gasteiger partial charge on any atom is 0.348 e. The molecule has 5 nitrogen and oxygen atoms in total. The molecule has 0 bridgehead atoms. The fourth-order valence-electron chi connectivity index (χ4n) is 1.35. The van der Waals surface area contributed by atoms with Crippen molar-refractivity contribution >= 4 is 23.2 Å². The highest BCUT2D eigenvalue weighted by Gasteiger charge is 2.13. The van der Waals surface area contributed by atoms with Crippen LogP contribution in [0.5, 0.6) is 0 Å². The van der Waals surface area contributed by atoms with Crippen LogP contribution in [0.4, 0.5) is 0 Å². The summed E-state index contributed by atoms with van der Waals surface area (Å²) < 4.78 is 1.17. The van der Waals surface area contributed by atoms with Crippen molar-refractivity contribution in [2.24, 2.45) is 0 Å². The molecule has 0 fully saturated rings. The van der Waals surface area contributed by atoms with Gasteiger partial charge in [-0.2, -0.15) is 5.10 Å². The summed E-state index contributed by atoms with van der Waals surface area (Å²) in [6.07, 6.45) is 0. The van der Waals surface area contributed by atoms with Crippen molar-refractivity contribution in [3.63, 3.8) is 0 Å². The molecule has 0 radical (unpaired) electrons. The van der Waals surface area contributed by atoms with Gasteiger partial charge in [0.1, 0.15) is 6.61 Å². The molecule has 2 aromatic rings. The standard InChI is InChI=1S/C9H7Cl2N3O2/c10-5-2-1-3-6(8(5)11)14-7(4-15)12-13-9(14)16/h1-3,15H,4H2,(H,13,16). The van der Waals surface area contributed by atoms with Crippen LogP contribution in [0.15, 0.2) is 23.0 Å². The van der Waals surface area contributed by atoms with Gasteiger partial charge in [0.05, 0.1) is 15.7 Å². The molecule has 2 rings (SSSR count). The molecule has 1 aromatic heterocycles. The Bertz CT molecular complexity index is 576. The lowest BCUT2D eigenvalue weighted by Gasteiger charge is -2.06. The van der Waals surface area contributed by atoms with Crippen LogP contribution >= 0.6 is 23.2 Å². The van der Waals surface area contributed by atoms with Gasteiger partial charge in [-0.05, 0) is 12.1 Å². The molecule has 1 aromatic carbocycles. The van der Waals surface area contributed by atoms with Crippen LogP contribution in [-0.4, -0.2) is 19.9 Å². The first kappa shape index (κ1) is 11.2. The summed E-state index contributed by atoms with van der Waals surface area (Å²) in [5, 5.41) is 15.5. The van der Waals surface area contributed by atoms with E-state index in [0.717, 1.165) is 0 Å². The lowest BCUT2D eigenvalue weighted by molar-refractivity contribution is 0.268. The van der Waals surface area contributed by atoms with Crippen molar-refractivity contribution in [3.05, 3.63) is 44.6 Å². The first-order valence-corrected chi connectivity index (χ1v) is 5.12. The minimum absolute atomic E-state index is 0.175. The molecule has 2 N–H and O–H groups in total. The van der Waals surface area contributed by atoms with Crippen LogP contribution in [0.2, 0.25) is 10.0 Å². The second kappa shape index (κ2) is 4.29. The minimum Gasteiger partial charge on any atom is -0.388 e. The van der Waals surface area contributed by atoms with E-state index in [1.54, 1.807) is 18.2 Å². The normalized spacial score (nSPS) is 10.7. The fourth-order valence-corrected chi connectivity index (χ4v) is 1.73. The van der Waals surface area contributed by atoms with Gasteiger partial charge < -0.3 is 5.11 Å². The van der Waals surface area contributed by atoms with Gasteiger partial charge in [0, 0.05) is 0 Å². The van der Waals surface area contributed by atoms with E-state index >= 15 is 0 Å². The van der Waals surface area contributed by atoms with Crippen LogP contribution in [-0.2, 0) is 6.61 Å². The Hall–Kier alpha value is -1.30. The smallest absolute Gasteiger partial charge is 0.348 e. The Morgan fingerprint density at radius 2 is 2.19 bits per heavy atom. The molecule has 0 spiro atoms. The molecule has 0 aliphatic heterocycles. The van der Waals surface area contributed by atoms with Crippen molar-refractivity contribution in [1.82, 2.24) is 14.8 Å². The van der Waals surface area contributed by atoms with Gasteiger partial charge >= 0.3 is 5.69 Å². The monoisotopic (exact) mass is 259 g/mol. The van der Waals surface area contributed by atoms with Crippen LogP contribution in [0.3, 0.4) is 0 Å². The third-order valence-electron chi connectivity index (χ3n) is 2.06. The predicted octanol–water partition coefficient (Wildman–Crippen LogP) is 1.36. The predicted molar refractivity (Wildman–Crippen MR) is 60.1 cm³/mol. The van der Waals surface area contributed by atoms with Gasteiger partial charge in [-0.15, -0.1) is 0 Å². The molecular weight excluding hydrogens is 253 g/mol. The average Bonchev–Trinajstić information content (AvgIpc) is 2.64. The number of aromatic nitrogens is 3. The number of aromatic amines is 1. The molecule has 0 unspecified atom stereocenters. The number of aliphatic hydroxyl groups excluding tert-OH is 1. The Balaban J connectivity index is 2.72. The molecular formula is C9H7Cl2N3O2. The summed E-state index contributed by atoms with van der Waals surface area (Å²) in [5.74, 6) is 0.175. The third kappa shape index (κ3) is 1.73. The topological polar surface area (TPSA) is 70.9 Å². The molecule has 0 aliphatic rings. The number of hydrogen-bond donors (Lipinski definition) is 2. The highest BCUT2D eigenvalue weighted by atomic mass is 35.5. The van der Waals surface area contributed by atoms with Crippen molar-refractivity contribution in [2.45, 2.75) is 6.61 Å². The summed E-state index contributed by atoms with van der Waals surface area (Å²) in [7, 11) is 0. The fraction of sp³-hybridized carbons (Fsp3) is 0.111. The molecule has 84 valence electrons. The quantitative estimate of drug-likeness (QED) is 0.856. The molecule has 1 heterocycles. The number of H-pyrrole nitrogens is 1. The van der Waals surface area contributed by atoms with Crippen molar-refractivity contribution in [2.75, 3.05) is 0 Å².